The lowest BCUT2D eigenvalue weighted by molar-refractivity contribution is 0.309. The summed E-state index contributed by atoms with van der Waals surface area (Å²) >= 11 is 0. The molecule has 0 aromatic heterocycles. The molecule has 122 valence electrons. The van der Waals surface area contributed by atoms with E-state index in [1.165, 1.54) is 0 Å². The summed E-state index contributed by atoms with van der Waals surface area (Å²) < 4.78 is 0. The Bertz CT molecular complexity index is 335. The molecule has 0 aromatic carbocycles. The Morgan fingerprint density at radius 2 is 2.05 bits per heavy atom. The van der Waals surface area contributed by atoms with Gasteiger partial charge in [0, 0.05) is 24.8 Å². The molecule has 0 rings (SSSR count). The molecule has 0 fully saturated rings. The van der Waals surface area contributed by atoms with Crippen molar-refractivity contribution in [3.63, 3.8) is 0 Å². The molecule has 4 nitrogen and oxygen atoms in total. The second-order valence-electron chi connectivity index (χ2n) is 5.74. The Hall–Kier alpha value is -0.970. The van der Waals surface area contributed by atoms with Gasteiger partial charge in [-0.25, -0.2) is 0 Å². The van der Waals surface area contributed by atoms with Crippen LogP contribution in [-0.4, -0.2) is 43.1 Å². The van der Waals surface area contributed by atoms with Gasteiger partial charge in [0.15, 0.2) is 0 Å². The molecule has 21 heavy (non-hydrogen) atoms. The minimum atomic E-state index is 0.112. The van der Waals surface area contributed by atoms with Crippen molar-refractivity contribution in [3.05, 3.63) is 23.8 Å². The van der Waals surface area contributed by atoms with E-state index in [9.17, 15) is 5.11 Å². The van der Waals surface area contributed by atoms with E-state index in [4.69, 9.17) is 5.73 Å². The van der Waals surface area contributed by atoms with Crippen molar-refractivity contribution in [2.75, 3.05) is 19.7 Å². The summed E-state index contributed by atoms with van der Waals surface area (Å²) in [5.74, 6) is 0.636. The molecule has 0 saturated carbocycles. The van der Waals surface area contributed by atoms with E-state index >= 15 is 0 Å². The molecule has 0 spiro atoms. The van der Waals surface area contributed by atoms with Crippen LogP contribution < -0.4 is 11.1 Å². The third-order valence-electron chi connectivity index (χ3n) is 3.36. The SMILES string of the molecule is C/C=C(/CO)C(C)NC(C/C=C\C=NCCN)CC(C)C. The fraction of sp³-hybridized carbons (Fsp3) is 0.706. The van der Waals surface area contributed by atoms with Gasteiger partial charge in [-0.1, -0.05) is 26.0 Å². The topological polar surface area (TPSA) is 70.6 Å². The summed E-state index contributed by atoms with van der Waals surface area (Å²) in [6.07, 6.45) is 9.99. The van der Waals surface area contributed by atoms with E-state index in [0.717, 1.165) is 18.4 Å². The number of aliphatic hydroxyl groups excluding tert-OH is 1. The molecule has 4 heteroatoms. The van der Waals surface area contributed by atoms with Crippen LogP contribution in [0.5, 0.6) is 0 Å². The van der Waals surface area contributed by atoms with E-state index in [-0.39, 0.29) is 12.6 Å². The van der Waals surface area contributed by atoms with Gasteiger partial charge in [-0.2, -0.15) is 0 Å². The highest BCUT2D eigenvalue weighted by molar-refractivity contribution is 5.70. The average molecular weight is 295 g/mol. The Kier molecular flexibility index (Phi) is 12.2. The van der Waals surface area contributed by atoms with Crippen molar-refractivity contribution in [2.45, 2.75) is 52.6 Å². The molecule has 0 aliphatic carbocycles. The molecule has 0 aromatic rings. The zero-order chi connectivity index (χ0) is 16.1. The van der Waals surface area contributed by atoms with Crippen LogP contribution in [0.3, 0.4) is 0 Å². The van der Waals surface area contributed by atoms with Gasteiger partial charge >= 0.3 is 0 Å². The van der Waals surface area contributed by atoms with Crippen LogP contribution in [0, 0.1) is 5.92 Å². The normalized spacial score (nSPS) is 16.2. The standard InChI is InChI=1S/C17H33N3O/c1-5-16(13-21)15(4)20-17(12-14(2)3)8-6-7-10-19-11-9-18/h5-7,10,14-15,17,20-21H,8-9,11-13,18H2,1-4H3/b7-6-,16-5-,19-10?. The van der Waals surface area contributed by atoms with Crippen molar-refractivity contribution in [3.8, 4) is 0 Å². The van der Waals surface area contributed by atoms with Crippen molar-refractivity contribution in [1.29, 1.82) is 0 Å². The van der Waals surface area contributed by atoms with Crippen LogP contribution in [0.15, 0.2) is 28.8 Å². The van der Waals surface area contributed by atoms with Crippen molar-refractivity contribution in [2.24, 2.45) is 16.6 Å². The van der Waals surface area contributed by atoms with Crippen LogP contribution in [0.1, 0.15) is 40.5 Å². The van der Waals surface area contributed by atoms with Gasteiger partial charge in [0.1, 0.15) is 0 Å². The number of rotatable bonds is 11. The predicted octanol–water partition coefficient (Wildman–Crippen LogP) is 2.29. The lowest BCUT2D eigenvalue weighted by Gasteiger charge is -2.25. The first-order chi connectivity index (χ1) is 10.0. The molecule has 0 radical (unpaired) electrons. The van der Waals surface area contributed by atoms with Crippen molar-refractivity contribution in [1.82, 2.24) is 5.32 Å². The van der Waals surface area contributed by atoms with E-state index in [0.29, 0.717) is 25.0 Å². The van der Waals surface area contributed by atoms with Crippen LogP contribution in [0.4, 0.5) is 0 Å². The molecular weight excluding hydrogens is 262 g/mol. The first kappa shape index (κ1) is 20.0. The highest BCUT2D eigenvalue weighted by atomic mass is 16.3. The largest absolute Gasteiger partial charge is 0.392 e. The Balaban J connectivity index is 4.45. The summed E-state index contributed by atoms with van der Waals surface area (Å²) in [5.41, 5.74) is 6.42. The summed E-state index contributed by atoms with van der Waals surface area (Å²) in [5, 5.41) is 12.9. The third-order valence-corrected chi connectivity index (χ3v) is 3.36. The monoisotopic (exact) mass is 295 g/mol. The van der Waals surface area contributed by atoms with Gasteiger partial charge in [0.05, 0.1) is 13.2 Å². The second kappa shape index (κ2) is 12.7. The zero-order valence-corrected chi connectivity index (χ0v) is 14.0. The smallest absolute Gasteiger partial charge is 0.0656 e. The molecule has 0 aliphatic heterocycles. The zero-order valence-electron chi connectivity index (χ0n) is 14.0. The van der Waals surface area contributed by atoms with Crippen LogP contribution in [0.2, 0.25) is 0 Å². The molecule has 0 bridgehead atoms. The summed E-state index contributed by atoms with van der Waals surface area (Å²) in [7, 11) is 0. The maximum absolute atomic E-state index is 9.34. The van der Waals surface area contributed by atoms with Gasteiger partial charge in [0.2, 0.25) is 0 Å². The number of aliphatic hydroxyl groups is 1. The molecular formula is C17H33N3O. The minimum absolute atomic E-state index is 0.112. The van der Waals surface area contributed by atoms with Crippen LogP contribution >= 0.6 is 0 Å². The molecule has 0 amide bonds. The van der Waals surface area contributed by atoms with Gasteiger partial charge in [-0.05, 0) is 44.3 Å². The van der Waals surface area contributed by atoms with Crippen LogP contribution in [0.25, 0.3) is 0 Å². The molecule has 2 atom stereocenters. The van der Waals surface area contributed by atoms with Gasteiger partial charge in [-0.3, -0.25) is 4.99 Å². The Labute approximate surface area is 130 Å². The van der Waals surface area contributed by atoms with Gasteiger partial charge in [-0.15, -0.1) is 0 Å². The van der Waals surface area contributed by atoms with E-state index < -0.39 is 0 Å². The van der Waals surface area contributed by atoms with Crippen LogP contribution in [-0.2, 0) is 0 Å². The second-order valence-corrected chi connectivity index (χ2v) is 5.74. The van der Waals surface area contributed by atoms with Crippen molar-refractivity contribution < 1.29 is 5.11 Å². The highest BCUT2D eigenvalue weighted by Gasteiger charge is 2.14. The number of nitrogens with one attached hydrogen (secondary N) is 1. The summed E-state index contributed by atoms with van der Waals surface area (Å²) in [6.45, 7) is 9.91. The number of allylic oxidation sites excluding steroid dienone is 2. The Morgan fingerprint density at radius 1 is 1.33 bits per heavy atom. The minimum Gasteiger partial charge on any atom is -0.392 e. The maximum Gasteiger partial charge on any atom is 0.0656 e. The maximum atomic E-state index is 9.34. The van der Waals surface area contributed by atoms with Gasteiger partial charge < -0.3 is 16.2 Å². The van der Waals surface area contributed by atoms with Gasteiger partial charge in [0.25, 0.3) is 0 Å². The Morgan fingerprint density at radius 3 is 2.57 bits per heavy atom. The first-order valence-corrected chi connectivity index (χ1v) is 7.92. The van der Waals surface area contributed by atoms with E-state index in [1.807, 2.05) is 25.3 Å². The number of aliphatic imine (C=N–C) groups is 1. The van der Waals surface area contributed by atoms with E-state index in [2.05, 4.69) is 37.2 Å². The number of nitrogens with zero attached hydrogens (tertiary/aromatic N) is 1. The molecule has 0 aliphatic rings. The summed E-state index contributed by atoms with van der Waals surface area (Å²) in [4.78, 5) is 4.16. The molecule has 2 unspecified atom stereocenters. The average Bonchev–Trinajstić information content (AvgIpc) is 2.43. The highest BCUT2D eigenvalue weighted by Crippen LogP contribution is 2.12. The quantitative estimate of drug-likeness (QED) is 0.404. The lowest BCUT2D eigenvalue weighted by atomic mass is 9.98. The fourth-order valence-corrected chi connectivity index (χ4v) is 2.25. The number of nitrogens with two attached hydrogens (primary N) is 1. The lowest BCUT2D eigenvalue weighted by Crippen LogP contribution is -2.39. The van der Waals surface area contributed by atoms with Crippen molar-refractivity contribution >= 4 is 6.21 Å². The fourth-order valence-electron chi connectivity index (χ4n) is 2.25. The number of hydrogen-bond acceptors (Lipinski definition) is 4. The molecule has 4 N–H and O–H groups in total. The first-order valence-electron chi connectivity index (χ1n) is 7.92. The predicted molar refractivity (Wildman–Crippen MR) is 92.9 cm³/mol. The van der Waals surface area contributed by atoms with E-state index in [1.54, 1.807) is 0 Å². The summed E-state index contributed by atoms with van der Waals surface area (Å²) in [6, 6.07) is 0.601. The number of hydrogen-bond donors (Lipinski definition) is 3. The molecule has 0 saturated heterocycles. The third kappa shape index (κ3) is 10.4. The molecule has 0 heterocycles.